The number of Topliss-reactive ketones (excluding diaryl/α,β-unsaturated/α-hetero) is 1. The second kappa shape index (κ2) is 23.8. The molecule has 1 aliphatic heterocycles. The zero-order chi connectivity index (χ0) is 47.0. The zero-order valence-electron chi connectivity index (χ0n) is 39.0. The number of unbranched alkanes of at least 4 members (excludes halogenated alkanes) is 1. The molecule has 15 heteroatoms. The fourth-order valence-electron chi connectivity index (χ4n) is 7.46. The van der Waals surface area contributed by atoms with Crippen molar-refractivity contribution in [2.75, 3.05) is 26.7 Å². The van der Waals surface area contributed by atoms with Crippen LogP contribution in [0.2, 0.25) is 0 Å². The lowest BCUT2D eigenvalue weighted by Gasteiger charge is -2.31. The summed E-state index contributed by atoms with van der Waals surface area (Å²) in [5, 5.41) is 11.3. The van der Waals surface area contributed by atoms with Gasteiger partial charge in [0.2, 0.25) is 17.7 Å². The van der Waals surface area contributed by atoms with E-state index in [1.54, 1.807) is 41.5 Å². The monoisotopic (exact) mass is 878 g/mol. The highest BCUT2D eigenvalue weighted by molar-refractivity contribution is 5.95. The maximum Gasteiger partial charge on any atom is 0.408 e. The van der Waals surface area contributed by atoms with Crippen molar-refractivity contribution < 1.29 is 47.8 Å². The minimum atomic E-state index is -1.60. The molecule has 2 aromatic carbocycles. The van der Waals surface area contributed by atoms with Gasteiger partial charge >= 0.3 is 18.2 Å². The van der Waals surface area contributed by atoms with Gasteiger partial charge in [-0.15, -0.1) is 0 Å². The van der Waals surface area contributed by atoms with Crippen LogP contribution < -0.4 is 21.3 Å². The Labute approximate surface area is 373 Å². The number of ketones is 1. The van der Waals surface area contributed by atoms with Gasteiger partial charge in [-0.1, -0.05) is 81.4 Å². The van der Waals surface area contributed by atoms with Gasteiger partial charge in [-0.05, 0) is 97.1 Å². The number of ether oxygens (including phenoxy) is 3. The molecule has 4 N–H and O–H groups in total. The van der Waals surface area contributed by atoms with E-state index in [4.69, 9.17) is 14.2 Å². The number of amides is 5. The van der Waals surface area contributed by atoms with Gasteiger partial charge in [0, 0.05) is 37.8 Å². The summed E-state index contributed by atoms with van der Waals surface area (Å²) in [5.41, 5.74) is -1.29. The van der Waals surface area contributed by atoms with E-state index in [9.17, 15) is 33.6 Å². The maximum absolute atomic E-state index is 14.4. The van der Waals surface area contributed by atoms with Crippen LogP contribution in [0.3, 0.4) is 0 Å². The number of hydrogen-bond donors (Lipinski definition) is 4. The molecule has 5 atom stereocenters. The second-order valence-corrected chi connectivity index (χ2v) is 19.0. The van der Waals surface area contributed by atoms with E-state index < -0.39 is 70.6 Å². The fourth-order valence-corrected chi connectivity index (χ4v) is 7.46. The lowest BCUT2D eigenvalue weighted by atomic mass is 9.88. The van der Waals surface area contributed by atoms with Gasteiger partial charge in [0.25, 0.3) is 0 Å². The Hall–Kier alpha value is -5.47. The van der Waals surface area contributed by atoms with Crippen molar-refractivity contribution in [3.63, 3.8) is 0 Å². The number of nitrogens with one attached hydrogen (secondary N) is 4. The number of methoxy groups -OCH3 is 1. The van der Waals surface area contributed by atoms with Crippen molar-refractivity contribution in [2.45, 2.75) is 143 Å². The zero-order valence-corrected chi connectivity index (χ0v) is 39.0. The van der Waals surface area contributed by atoms with Crippen LogP contribution in [-0.4, -0.2) is 102 Å². The third-order valence-corrected chi connectivity index (χ3v) is 10.5. The first kappa shape index (κ1) is 51.9. The molecule has 1 saturated heterocycles. The summed E-state index contributed by atoms with van der Waals surface area (Å²) in [6, 6.07) is 17.0. The predicted molar refractivity (Wildman–Crippen MR) is 239 cm³/mol. The third-order valence-electron chi connectivity index (χ3n) is 10.5. The molecule has 3 rings (SSSR count). The minimum Gasteiger partial charge on any atom is -0.467 e. The largest absolute Gasteiger partial charge is 0.467 e. The molecular formula is C48H71N5O10. The van der Waals surface area contributed by atoms with Crippen molar-refractivity contribution in [1.82, 2.24) is 26.2 Å². The second-order valence-electron chi connectivity index (χ2n) is 19.0. The summed E-state index contributed by atoms with van der Waals surface area (Å²) in [7, 11) is 1.19. The summed E-state index contributed by atoms with van der Waals surface area (Å²) < 4.78 is 15.8. The number of nitrogens with zero attached hydrogens (tertiary/aromatic N) is 1. The van der Waals surface area contributed by atoms with E-state index in [-0.39, 0.29) is 62.9 Å². The smallest absolute Gasteiger partial charge is 0.408 e. The summed E-state index contributed by atoms with van der Waals surface area (Å²) >= 11 is 0. The van der Waals surface area contributed by atoms with Crippen molar-refractivity contribution >= 4 is 41.7 Å². The number of esters is 1. The van der Waals surface area contributed by atoms with E-state index in [0.717, 1.165) is 11.1 Å². The van der Waals surface area contributed by atoms with E-state index in [1.807, 2.05) is 81.4 Å². The van der Waals surface area contributed by atoms with E-state index in [2.05, 4.69) is 21.3 Å². The molecule has 0 aliphatic carbocycles. The van der Waals surface area contributed by atoms with E-state index >= 15 is 0 Å². The Morgan fingerprint density at radius 1 is 0.730 bits per heavy atom. The van der Waals surface area contributed by atoms with Gasteiger partial charge < -0.3 is 40.4 Å². The molecule has 0 spiro atoms. The predicted octanol–water partition coefficient (Wildman–Crippen LogP) is 6.06. The van der Waals surface area contributed by atoms with Crippen LogP contribution >= 0.6 is 0 Å². The quantitative estimate of drug-likeness (QED) is 0.0650. The molecule has 5 amide bonds. The van der Waals surface area contributed by atoms with Crippen LogP contribution in [0.1, 0.15) is 112 Å². The molecule has 1 fully saturated rings. The van der Waals surface area contributed by atoms with Crippen LogP contribution in [-0.2, 0) is 51.0 Å². The molecule has 1 aliphatic rings. The lowest BCUT2D eigenvalue weighted by Crippen LogP contribution is -2.59. The molecule has 0 aromatic heterocycles. The molecule has 348 valence electrons. The highest BCUT2D eigenvalue weighted by Crippen LogP contribution is 2.26. The van der Waals surface area contributed by atoms with Crippen LogP contribution in [0, 0.1) is 17.8 Å². The molecule has 15 nitrogen and oxygen atoms in total. The molecule has 1 heterocycles. The molecule has 1 unspecified atom stereocenters. The van der Waals surface area contributed by atoms with Gasteiger partial charge in [-0.25, -0.2) is 14.4 Å². The summed E-state index contributed by atoms with van der Waals surface area (Å²) in [6.45, 7) is 16.1. The van der Waals surface area contributed by atoms with Crippen molar-refractivity contribution in [1.29, 1.82) is 0 Å². The first-order valence-electron chi connectivity index (χ1n) is 22.1. The average molecular weight is 878 g/mol. The maximum atomic E-state index is 14.4. The van der Waals surface area contributed by atoms with Gasteiger partial charge in [0.15, 0.2) is 11.3 Å². The first-order valence-corrected chi connectivity index (χ1v) is 22.1. The standard InChI is InChI=1S/C48H71N5O10/c1-32(2)27-36(30-39(54)38(29-35-21-15-12-16-22-35)51-40(55)33(3)28-34-19-13-11-14-20-34)41(56)50-37(23-17-18-25-49-44(59)62-46(4,5)6)42(57)53-26-24-48(31-53,43(58)61-10)52-45(60)63-47(7,8)9/h11-16,19-22,32-33,36-38H,17-18,23-31H2,1-10H3,(H,49,59)(H,50,56)(H,51,55)(H,52,60)/t33-,36+,37-,38-,48?/m1/s1. The number of likely N-dealkylation sites (tertiary alicyclic amines) is 1. The van der Waals surface area contributed by atoms with Crippen LogP contribution in [0.25, 0.3) is 0 Å². The summed E-state index contributed by atoms with van der Waals surface area (Å²) in [6.07, 6.45) is 0.467. The lowest BCUT2D eigenvalue weighted by molar-refractivity contribution is -0.148. The van der Waals surface area contributed by atoms with E-state index in [1.165, 1.54) is 12.0 Å². The number of alkyl carbamates (subject to hydrolysis) is 2. The van der Waals surface area contributed by atoms with Crippen LogP contribution in [0.15, 0.2) is 60.7 Å². The summed E-state index contributed by atoms with van der Waals surface area (Å²) in [5.74, 6) is -3.62. The molecular weight excluding hydrogens is 807 g/mol. The number of carbonyl (C=O) groups excluding carboxylic acids is 7. The molecule has 0 radical (unpaired) electrons. The van der Waals surface area contributed by atoms with Crippen molar-refractivity contribution in [2.24, 2.45) is 17.8 Å². The Balaban J connectivity index is 1.86. The van der Waals surface area contributed by atoms with Gasteiger partial charge in [-0.3, -0.25) is 19.2 Å². The number of rotatable bonds is 21. The number of hydrogen-bond acceptors (Lipinski definition) is 10. The average Bonchev–Trinajstić information content (AvgIpc) is 3.62. The normalized spacial score (nSPS) is 17.1. The van der Waals surface area contributed by atoms with Crippen molar-refractivity contribution in [3.8, 4) is 0 Å². The molecule has 0 saturated carbocycles. The van der Waals surface area contributed by atoms with Gasteiger partial charge in [0.1, 0.15) is 17.2 Å². The summed E-state index contributed by atoms with van der Waals surface area (Å²) in [4.78, 5) is 96.5. The van der Waals surface area contributed by atoms with E-state index in [0.29, 0.717) is 25.7 Å². The number of carbonyl (C=O) groups is 7. The topological polar surface area (TPSA) is 199 Å². The Kier molecular flexibility index (Phi) is 19.6. The SMILES string of the molecule is COC(=O)C1(NC(=O)OC(C)(C)C)CCN(C(=O)[C@@H](CCCCNC(=O)OC(C)(C)C)NC(=O)[C@H](CC(=O)[C@@H](Cc2ccccc2)NC(=O)[C@H](C)Cc2ccccc2)CC(C)C)C1. The van der Waals surface area contributed by atoms with Crippen LogP contribution in [0.5, 0.6) is 0 Å². The van der Waals surface area contributed by atoms with Gasteiger partial charge in [0.05, 0.1) is 19.7 Å². The highest BCUT2D eigenvalue weighted by atomic mass is 16.6. The fraction of sp³-hybridized carbons (Fsp3) is 0.604. The minimum absolute atomic E-state index is 0.00660. The molecule has 2 aromatic rings. The number of benzene rings is 2. The molecule has 63 heavy (non-hydrogen) atoms. The Morgan fingerprint density at radius 3 is 1.84 bits per heavy atom. The van der Waals surface area contributed by atoms with Crippen molar-refractivity contribution in [3.05, 3.63) is 71.8 Å². The third kappa shape index (κ3) is 18.0. The Bertz CT molecular complexity index is 1840. The highest BCUT2D eigenvalue weighted by Gasteiger charge is 2.50. The Morgan fingerprint density at radius 2 is 1.29 bits per heavy atom. The van der Waals surface area contributed by atoms with Crippen LogP contribution in [0.4, 0.5) is 9.59 Å². The first-order chi connectivity index (χ1) is 29.5. The molecule has 0 bridgehead atoms. The van der Waals surface area contributed by atoms with Gasteiger partial charge in [-0.2, -0.15) is 0 Å².